The number of hydrogen-bond acceptors (Lipinski definition) is 8. The van der Waals surface area contributed by atoms with Crippen molar-refractivity contribution in [1.82, 2.24) is 9.88 Å². The van der Waals surface area contributed by atoms with Crippen LogP contribution in [0.2, 0.25) is 0 Å². The number of fused-ring (bicyclic) bond motifs is 1. The maximum atomic E-state index is 14.9. The second-order valence-corrected chi connectivity index (χ2v) is 16.3. The van der Waals surface area contributed by atoms with Crippen molar-refractivity contribution >= 4 is 33.1 Å². The van der Waals surface area contributed by atoms with Crippen LogP contribution in [0, 0.1) is 11.8 Å². The van der Waals surface area contributed by atoms with Gasteiger partial charge in [-0.25, -0.2) is 8.42 Å². The molecule has 1 amide bonds. The van der Waals surface area contributed by atoms with Crippen molar-refractivity contribution in [3.05, 3.63) is 78.1 Å². The zero-order chi connectivity index (χ0) is 36.6. The molecule has 9 nitrogen and oxygen atoms in total. The highest BCUT2D eigenvalue weighted by Crippen LogP contribution is 2.57. The predicted molar refractivity (Wildman–Crippen MR) is 183 cm³/mol. The minimum absolute atomic E-state index is 0.0352. The predicted octanol–water partition coefficient (Wildman–Crippen LogP) is 6.87. The molecule has 5 atom stereocenters. The molecule has 2 saturated carbocycles. The van der Waals surface area contributed by atoms with Gasteiger partial charge in [-0.1, -0.05) is 18.2 Å². The van der Waals surface area contributed by atoms with E-state index in [1.54, 1.807) is 41.6 Å². The van der Waals surface area contributed by atoms with Crippen LogP contribution >= 0.6 is 11.6 Å². The molecule has 1 saturated heterocycles. The first kappa shape index (κ1) is 36.9. The molecule has 274 valence electrons. The van der Waals surface area contributed by atoms with Crippen molar-refractivity contribution in [1.29, 1.82) is 0 Å². The van der Waals surface area contributed by atoms with Gasteiger partial charge in [-0.15, -0.1) is 24.8 Å². The van der Waals surface area contributed by atoms with E-state index in [0.29, 0.717) is 30.8 Å². The standard InChI is InChI=1S/C37H40ClF3N2O7S/c1-48-26-8-10-32(31(20-26)50-37(39,40)41)51(46,47)33-21-34(44)36(28-5-3-4-6-30(28)49-2,29-19-25(38)7-9-27(29)33)22-35(45)43-17-13-24(14-18-43)23-11-15-42-16-12-23/h3-6,8,10-12,15-16,20,24-25,27,29,33H,7,9,13-14,17-19,21-22H2,1-2H3/t25-,27?,29?,33?,36?/m1/s1. The lowest BCUT2D eigenvalue weighted by atomic mass is 9.52. The first-order valence-electron chi connectivity index (χ1n) is 16.9. The number of piperidine rings is 1. The molecule has 1 aliphatic heterocycles. The number of carbonyl (C=O) groups excluding carboxylic acids is 2. The Morgan fingerprint density at radius 3 is 2.35 bits per heavy atom. The third-order valence-electron chi connectivity index (χ3n) is 11.0. The van der Waals surface area contributed by atoms with Crippen LogP contribution in [0.3, 0.4) is 0 Å². The molecule has 1 aromatic heterocycles. The van der Waals surface area contributed by atoms with E-state index in [1.807, 2.05) is 12.1 Å². The number of carbonyl (C=O) groups is 2. The van der Waals surface area contributed by atoms with E-state index in [4.69, 9.17) is 21.1 Å². The van der Waals surface area contributed by atoms with E-state index in [9.17, 15) is 31.2 Å². The molecular formula is C37H40ClF3N2O7S. The Kier molecular flexibility index (Phi) is 10.6. The van der Waals surface area contributed by atoms with E-state index < -0.39 is 66.9 Å². The Morgan fingerprint density at radius 1 is 0.980 bits per heavy atom. The zero-order valence-electron chi connectivity index (χ0n) is 28.3. The van der Waals surface area contributed by atoms with E-state index in [1.165, 1.54) is 20.3 Å². The number of halogens is 4. The van der Waals surface area contributed by atoms with Gasteiger partial charge >= 0.3 is 6.36 Å². The normalized spacial score (nSPS) is 25.9. The average Bonchev–Trinajstić information content (AvgIpc) is 3.12. The van der Waals surface area contributed by atoms with Crippen LogP contribution in [-0.4, -0.2) is 74.3 Å². The highest BCUT2D eigenvalue weighted by atomic mass is 35.5. The zero-order valence-corrected chi connectivity index (χ0v) is 29.8. The monoisotopic (exact) mass is 748 g/mol. The molecule has 6 rings (SSSR count). The van der Waals surface area contributed by atoms with Gasteiger partial charge in [0.25, 0.3) is 0 Å². The van der Waals surface area contributed by atoms with Gasteiger partial charge in [-0.05, 0) is 85.8 Å². The number of likely N-dealkylation sites (tertiary alicyclic amines) is 1. The number of ketones is 1. The number of Topliss-reactive ketones (excluding diaryl/α,β-unsaturated/α-hetero) is 1. The number of pyridine rings is 1. The van der Waals surface area contributed by atoms with Crippen molar-refractivity contribution in [2.24, 2.45) is 11.8 Å². The van der Waals surface area contributed by atoms with Gasteiger partial charge in [0.1, 0.15) is 22.2 Å². The van der Waals surface area contributed by atoms with Crippen LogP contribution in [0.4, 0.5) is 13.2 Å². The molecule has 0 bridgehead atoms. The lowest BCUT2D eigenvalue weighted by Gasteiger charge is -2.53. The van der Waals surface area contributed by atoms with Crippen LogP contribution in [0.1, 0.15) is 62.0 Å². The molecule has 2 aliphatic carbocycles. The minimum atomic E-state index is -5.19. The summed E-state index contributed by atoms with van der Waals surface area (Å²) >= 11 is 6.79. The van der Waals surface area contributed by atoms with Crippen LogP contribution < -0.4 is 14.2 Å². The van der Waals surface area contributed by atoms with Gasteiger partial charge in [0.2, 0.25) is 5.91 Å². The number of methoxy groups -OCH3 is 2. The molecular weight excluding hydrogens is 709 g/mol. The van der Waals surface area contributed by atoms with E-state index in [-0.39, 0.29) is 36.8 Å². The highest BCUT2D eigenvalue weighted by molar-refractivity contribution is 7.92. The topological polar surface area (TPSA) is 112 Å². The van der Waals surface area contributed by atoms with Gasteiger partial charge in [0.15, 0.2) is 15.6 Å². The SMILES string of the molecule is COc1ccc(S(=O)(=O)C2CC(=O)C(CC(=O)N3CCC(c4ccncc4)CC3)(c3ccccc3OC)C3C[C@H](Cl)CCC32)c(OC(F)(F)F)c1. The Balaban J connectivity index is 1.40. The van der Waals surface area contributed by atoms with E-state index >= 15 is 0 Å². The lowest BCUT2D eigenvalue weighted by molar-refractivity contribution is -0.275. The summed E-state index contributed by atoms with van der Waals surface area (Å²) in [7, 11) is -1.92. The second kappa shape index (κ2) is 14.7. The molecule has 0 spiro atoms. The second-order valence-electron chi connectivity index (χ2n) is 13.5. The van der Waals surface area contributed by atoms with Gasteiger partial charge < -0.3 is 19.1 Å². The fourth-order valence-electron chi connectivity index (χ4n) is 8.57. The third kappa shape index (κ3) is 7.28. The highest BCUT2D eigenvalue weighted by Gasteiger charge is 2.61. The fraction of sp³-hybridized carbons (Fsp3) is 0.486. The first-order valence-corrected chi connectivity index (χ1v) is 18.9. The quantitative estimate of drug-likeness (QED) is 0.218. The number of rotatable bonds is 9. The van der Waals surface area contributed by atoms with Crippen molar-refractivity contribution in [3.63, 3.8) is 0 Å². The molecule has 3 aliphatic rings. The summed E-state index contributed by atoms with van der Waals surface area (Å²) in [6.07, 6.45) is -0.0707. The summed E-state index contributed by atoms with van der Waals surface area (Å²) in [5, 5.41) is -1.82. The maximum Gasteiger partial charge on any atom is 0.573 e. The van der Waals surface area contributed by atoms with Gasteiger partial charge in [0.05, 0.1) is 24.9 Å². The maximum absolute atomic E-state index is 14.9. The van der Waals surface area contributed by atoms with Gasteiger partial charge in [-0.2, -0.15) is 0 Å². The number of para-hydroxylation sites is 1. The van der Waals surface area contributed by atoms with Crippen LogP contribution in [0.5, 0.6) is 17.2 Å². The average molecular weight is 749 g/mol. The van der Waals surface area contributed by atoms with Crippen LogP contribution in [-0.2, 0) is 24.8 Å². The van der Waals surface area contributed by atoms with Crippen molar-refractivity contribution < 1.29 is 45.4 Å². The molecule has 2 aromatic carbocycles. The number of nitrogens with zero attached hydrogens (tertiary/aromatic N) is 2. The number of sulfone groups is 1. The largest absolute Gasteiger partial charge is 0.573 e. The smallest absolute Gasteiger partial charge is 0.497 e. The summed E-state index contributed by atoms with van der Waals surface area (Å²) in [6, 6.07) is 14.0. The van der Waals surface area contributed by atoms with E-state index in [0.717, 1.165) is 30.5 Å². The lowest BCUT2D eigenvalue weighted by Crippen LogP contribution is -2.59. The Hall–Kier alpha value is -3.84. The summed E-state index contributed by atoms with van der Waals surface area (Å²) in [5.74, 6) is -2.55. The molecule has 4 unspecified atom stereocenters. The Bertz CT molecular complexity index is 1850. The third-order valence-corrected chi connectivity index (χ3v) is 13.6. The Labute approximate surface area is 300 Å². The summed E-state index contributed by atoms with van der Waals surface area (Å²) in [6.45, 7) is 0.954. The number of alkyl halides is 4. The number of amides is 1. The first-order chi connectivity index (χ1) is 24.3. The fourth-order valence-corrected chi connectivity index (χ4v) is 11.0. The Morgan fingerprint density at radius 2 is 1.69 bits per heavy atom. The van der Waals surface area contributed by atoms with Crippen LogP contribution in [0.25, 0.3) is 0 Å². The van der Waals surface area contributed by atoms with Crippen molar-refractivity contribution in [3.8, 4) is 17.2 Å². The van der Waals surface area contributed by atoms with Crippen molar-refractivity contribution in [2.45, 2.75) is 78.2 Å². The number of hydrogen-bond donors (Lipinski definition) is 0. The molecule has 3 fully saturated rings. The molecule has 2 heterocycles. The minimum Gasteiger partial charge on any atom is -0.497 e. The summed E-state index contributed by atoms with van der Waals surface area (Å²) < 4.78 is 84.5. The molecule has 3 aromatic rings. The summed E-state index contributed by atoms with van der Waals surface area (Å²) in [5.41, 5.74) is 0.122. The number of benzene rings is 2. The van der Waals surface area contributed by atoms with Gasteiger partial charge in [-0.3, -0.25) is 14.6 Å². The molecule has 0 radical (unpaired) electrons. The van der Waals surface area contributed by atoms with Crippen molar-refractivity contribution in [2.75, 3.05) is 27.3 Å². The molecule has 14 heteroatoms. The number of ether oxygens (including phenoxy) is 3. The molecule has 51 heavy (non-hydrogen) atoms. The van der Waals surface area contributed by atoms with E-state index in [2.05, 4.69) is 9.72 Å². The van der Waals surface area contributed by atoms with Crippen LogP contribution in [0.15, 0.2) is 71.9 Å². The number of aromatic nitrogens is 1. The molecule has 0 N–H and O–H groups in total. The van der Waals surface area contributed by atoms with Gasteiger partial charge in [0, 0.05) is 55.3 Å². The summed E-state index contributed by atoms with van der Waals surface area (Å²) in [4.78, 5) is 34.5.